The van der Waals surface area contributed by atoms with Crippen molar-refractivity contribution in [3.05, 3.63) is 146 Å². The van der Waals surface area contributed by atoms with E-state index in [0.717, 1.165) is 22.3 Å². The Morgan fingerprint density at radius 3 is 1.41 bits per heavy atom. The average Bonchev–Trinajstić information content (AvgIpc) is 2.78. The van der Waals surface area contributed by atoms with Crippen LogP contribution in [0, 0.1) is 10.1 Å². The Kier molecular flexibility index (Phi) is 3.16. The Labute approximate surface area is 168 Å². The molecule has 29 heavy (non-hydrogen) atoms. The molecule has 0 aromatic heterocycles. The Hall–Kier alpha value is -3.72. The quantitative estimate of drug-likeness (QED) is 0.284. The molecule has 4 aromatic carbocycles. The summed E-state index contributed by atoms with van der Waals surface area (Å²) in [5, 5.41) is 12.1. The van der Waals surface area contributed by atoms with Crippen LogP contribution in [0.4, 0.5) is 5.69 Å². The van der Waals surface area contributed by atoms with Gasteiger partial charge in [-0.15, -0.1) is 0 Å². The van der Waals surface area contributed by atoms with Gasteiger partial charge in [-0.1, -0.05) is 91.0 Å². The van der Waals surface area contributed by atoms with E-state index in [0.29, 0.717) is 0 Å². The van der Waals surface area contributed by atoms with E-state index in [1.54, 1.807) is 12.1 Å². The fourth-order valence-corrected chi connectivity index (χ4v) is 5.59. The molecule has 0 heterocycles. The molecular weight excluding hydrogens is 358 g/mol. The molecule has 3 nitrogen and oxygen atoms in total. The van der Waals surface area contributed by atoms with Crippen LogP contribution in [-0.4, -0.2) is 4.92 Å². The molecule has 3 aliphatic carbocycles. The number of rotatable bonds is 2. The van der Waals surface area contributed by atoms with Gasteiger partial charge in [0.15, 0.2) is 0 Å². The average molecular weight is 375 g/mol. The van der Waals surface area contributed by atoms with Crippen molar-refractivity contribution < 1.29 is 4.92 Å². The molecule has 0 N–H and O–H groups in total. The van der Waals surface area contributed by atoms with E-state index in [1.165, 1.54) is 16.7 Å². The van der Waals surface area contributed by atoms with Crippen LogP contribution >= 0.6 is 0 Å². The first-order valence-corrected chi connectivity index (χ1v) is 9.76. The highest BCUT2D eigenvalue weighted by molar-refractivity contribution is 5.78. The highest BCUT2D eigenvalue weighted by Gasteiger charge is 2.54. The van der Waals surface area contributed by atoms with Gasteiger partial charge >= 0.3 is 0 Å². The predicted octanol–water partition coefficient (Wildman–Crippen LogP) is 5.78. The minimum absolute atomic E-state index is 0.156. The molecule has 0 radical (unpaired) electrons. The molecule has 0 spiro atoms. The second kappa shape index (κ2) is 5.65. The van der Waals surface area contributed by atoms with E-state index in [-0.39, 0.29) is 16.5 Å². The van der Waals surface area contributed by atoms with Gasteiger partial charge in [-0.05, 0) is 33.4 Å². The van der Waals surface area contributed by atoms with Crippen LogP contribution < -0.4 is 0 Å². The van der Waals surface area contributed by atoms with Crippen molar-refractivity contribution in [3.63, 3.8) is 0 Å². The van der Waals surface area contributed by atoms with Crippen LogP contribution in [0.25, 0.3) is 0 Å². The summed E-state index contributed by atoms with van der Waals surface area (Å²) in [6.45, 7) is 0. The summed E-state index contributed by atoms with van der Waals surface area (Å²) in [6, 6.07) is 32.5. The van der Waals surface area contributed by atoms with Gasteiger partial charge in [0, 0.05) is 17.5 Å². The Bertz CT molecular complexity index is 1190. The van der Waals surface area contributed by atoms with Gasteiger partial charge in [0.25, 0.3) is 5.69 Å². The highest BCUT2D eigenvalue weighted by Crippen LogP contribution is 2.62. The summed E-state index contributed by atoms with van der Waals surface area (Å²) in [6.07, 6.45) is 0. The Morgan fingerprint density at radius 1 is 0.586 bits per heavy atom. The molecule has 3 aliphatic rings. The van der Waals surface area contributed by atoms with Crippen molar-refractivity contribution in [2.45, 2.75) is 11.3 Å². The second-order valence-corrected chi connectivity index (χ2v) is 7.72. The molecular formula is C26H17NO2. The van der Waals surface area contributed by atoms with Crippen LogP contribution in [0.5, 0.6) is 0 Å². The minimum Gasteiger partial charge on any atom is -0.258 e. The number of nitro groups is 1. The van der Waals surface area contributed by atoms with Gasteiger partial charge in [-0.2, -0.15) is 0 Å². The molecule has 0 atom stereocenters. The monoisotopic (exact) mass is 375 g/mol. The van der Waals surface area contributed by atoms with Gasteiger partial charge in [-0.3, -0.25) is 10.1 Å². The molecule has 0 aliphatic heterocycles. The number of nitro benzene ring substituents is 1. The molecule has 0 saturated heterocycles. The van der Waals surface area contributed by atoms with E-state index in [9.17, 15) is 10.1 Å². The van der Waals surface area contributed by atoms with Crippen LogP contribution in [0.15, 0.2) is 97.1 Å². The van der Waals surface area contributed by atoms with Crippen LogP contribution in [-0.2, 0) is 5.41 Å². The normalized spacial score (nSPS) is 20.5. The maximum atomic E-state index is 12.1. The number of nitrogens with zero attached hydrogens (tertiary/aromatic N) is 1. The van der Waals surface area contributed by atoms with Crippen molar-refractivity contribution in [2.75, 3.05) is 0 Å². The molecule has 3 heteroatoms. The third-order valence-corrected chi connectivity index (χ3v) is 6.53. The molecule has 4 aromatic rings. The van der Waals surface area contributed by atoms with E-state index < -0.39 is 5.41 Å². The highest BCUT2D eigenvalue weighted by atomic mass is 16.6. The molecule has 0 amide bonds. The molecule has 7 rings (SSSR count). The molecule has 138 valence electrons. The fourth-order valence-electron chi connectivity index (χ4n) is 5.59. The Morgan fingerprint density at radius 2 is 0.966 bits per heavy atom. The van der Waals surface area contributed by atoms with Crippen molar-refractivity contribution in [1.29, 1.82) is 0 Å². The van der Waals surface area contributed by atoms with Gasteiger partial charge in [0.1, 0.15) is 0 Å². The summed E-state index contributed by atoms with van der Waals surface area (Å²) >= 11 is 0. The maximum absolute atomic E-state index is 12.1. The first kappa shape index (κ1) is 16.3. The van der Waals surface area contributed by atoms with Gasteiger partial charge in [0.2, 0.25) is 0 Å². The SMILES string of the molecule is O=[N+]([O-])c1ccccc1C12c3ccccc3C(c3ccccc31)c1ccccc12. The second-order valence-electron chi connectivity index (χ2n) is 7.72. The molecule has 2 bridgehead atoms. The first-order valence-electron chi connectivity index (χ1n) is 9.76. The minimum atomic E-state index is -0.692. The number of hydrogen-bond acceptors (Lipinski definition) is 2. The summed E-state index contributed by atoms with van der Waals surface area (Å²) < 4.78 is 0. The van der Waals surface area contributed by atoms with Gasteiger partial charge in [0.05, 0.1) is 10.3 Å². The van der Waals surface area contributed by atoms with Gasteiger partial charge < -0.3 is 0 Å². The first-order chi connectivity index (χ1) is 14.2. The predicted molar refractivity (Wildman–Crippen MR) is 112 cm³/mol. The van der Waals surface area contributed by atoms with E-state index in [1.807, 2.05) is 30.3 Å². The smallest absolute Gasteiger partial charge is 0.258 e. The van der Waals surface area contributed by atoms with Crippen LogP contribution in [0.3, 0.4) is 0 Å². The zero-order valence-electron chi connectivity index (χ0n) is 15.6. The zero-order valence-corrected chi connectivity index (χ0v) is 15.6. The lowest BCUT2D eigenvalue weighted by Gasteiger charge is -2.50. The molecule has 0 unspecified atom stereocenters. The van der Waals surface area contributed by atoms with Gasteiger partial charge in [-0.25, -0.2) is 0 Å². The largest absolute Gasteiger partial charge is 0.274 e. The third-order valence-electron chi connectivity index (χ3n) is 6.53. The number of hydrogen-bond donors (Lipinski definition) is 0. The fraction of sp³-hybridized carbons (Fsp3) is 0.0769. The molecule has 0 saturated carbocycles. The summed E-state index contributed by atoms with van der Waals surface area (Å²) in [4.78, 5) is 11.8. The van der Waals surface area contributed by atoms with Crippen molar-refractivity contribution in [3.8, 4) is 0 Å². The van der Waals surface area contributed by atoms with Crippen molar-refractivity contribution in [1.82, 2.24) is 0 Å². The van der Waals surface area contributed by atoms with Crippen molar-refractivity contribution >= 4 is 5.69 Å². The lowest BCUT2D eigenvalue weighted by atomic mass is 9.50. The van der Waals surface area contributed by atoms with E-state index in [4.69, 9.17) is 0 Å². The summed E-state index contributed by atoms with van der Waals surface area (Å²) in [5.41, 5.74) is 7.37. The topological polar surface area (TPSA) is 43.1 Å². The summed E-state index contributed by atoms with van der Waals surface area (Å²) in [7, 11) is 0. The lowest BCUT2D eigenvalue weighted by molar-refractivity contribution is -0.385. The van der Waals surface area contributed by atoms with E-state index in [2.05, 4.69) is 54.6 Å². The summed E-state index contributed by atoms with van der Waals surface area (Å²) in [5.74, 6) is 0.156. The standard InChI is InChI=1S/C26H17NO2/c28-27(29)24-16-8-7-15-23(24)26-20-12-4-1-9-17(20)25(18-10-2-5-13-21(18)26)19-11-3-6-14-22(19)26/h1-16,25H. The van der Waals surface area contributed by atoms with E-state index >= 15 is 0 Å². The maximum Gasteiger partial charge on any atom is 0.274 e. The number of para-hydroxylation sites is 1. The molecule has 0 fully saturated rings. The van der Waals surface area contributed by atoms with Crippen molar-refractivity contribution in [2.24, 2.45) is 0 Å². The van der Waals surface area contributed by atoms with Crippen LogP contribution in [0.1, 0.15) is 44.9 Å². The zero-order chi connectivity index (χ0) is 19.6. The van der Waals surface area contributed by atoms with Crippen LogP contribution in [0.2, 0.25) is 0 Å². The number of benzene rings is 4. The third kappa shape index (κ3) is 1.87. The Balaban J connectivity index is 1.88. The lowest BCUT2D eigenvalue weighted by Crippen LogP contribution is -2.43.